The molecule has 0 radical (unpaired) electrons. The first kappa shape index (κ1) is 22.5. The van der Waals surface area contributed by atoms with Gasteiger partial charge in [0.05, 0.1) is 6.61 Å². The SMILES string of the molecule is CCCCCCCOc1cccc(NC(=S)NC(=O)c2cc(Cl)cc(Cl)c2)c1. The molecule has 0 aromatic heterocycles. The smallest absolute Gasteiger partial charge is 0.257 e. The summed E-state index contributed by atoms with van der Waals surface area (Å²) in [6.07, 6.45) is 5.95. The zero-order valence-corrected chi connectivity index (χ0v) is 18.1. The highest BCUT2D eigenvalue weighted by molar-refractivity contribution is 7.80. The van der Waals surface area contributed by atoms with E-state index in [0.29, 0.717) is 22.2 Å². The molecule has 0 bridgehead atoms. The highest BCUT2D eigenvalue weighted by atomic mass is 35.5. The first-order chi connectivity index (χ1) is 13.5. The third-order valence-electron chi connectivity index (χ3n) is 3.96. The Morgan fingerprint density at radius 1 is 1.04 bits per heavy atom. The van der Waals surface area contributed by atoms with Crippen molar-refractivity contribution in [1.29, 1.82) is 0 Å². The van der Waals surface area contributed by atoms with Gasteiger partial charge in [0.1, 0.15) is 5.75 Å². The number of amides is 1. The third-order valence-corrected chi connectivity index (χ3v) is 4.60. The van der Waals surface area contributed by atoms with Crippen LogP contribution < -0.4 is 15.4 Å². The lowest BCUT2D eigenvalue weighted by Crippen LogP contribution is -2.34. The molecule has 4 nitrogen and oxygen atoms in total. The van der Waals surface area contributed by atoms with Crippen molar-refractivity contribution in [1.82, 2.24) is 5.32 Å². The van der Waals surface area contributed by atoms with Crippen LogP contribution in [0.2, 0.25) is 10.0 Å². The summed E-state index contributed by atoms with van der Waals surface area (Å²) in [5.74, 6) is 0.373. The van der Waals surface area contributed by atoms with Gasteiger partial charge in [-0.1, -0.05) is 61.9 Å². The van der Waals surface area contributed by atoms with Crippen molar-refractivity contribution in [3.8, 4) is 5.75 Å². The zero-order chi connectivity index (χ0) is 20.4. The lowest BCUT2D eigenvalue weighted by atomic mass is 10.2. The van der Waals surface area contributed by atoms with Gasteiger partial charge >= 0.3 is 0 Å². The number of hydrogen-bond donors (Lipinski definition) is 2. The van der Waals surface area contributed by atoms with E-state index >= 15 is 0 Å². The van der Waals surface area contributed by atoms with Gasteiger partial charge in [-0.25, -0.2) is 0 Å². The van der Waals surface area contributed by atoms with E-state index in [1.54, 1.807) is 6.07 Å². The molecule has 150 valence electrons. The van der Waals surface area contributed by atoms with Crippen LogP contribution in [0.1, 0.15) is 49.4 Å². The minimum Gasteiger partial charge on any atom is -0.494 e. The van der Waals surface area contributed by atoms with E-state index < -0.39 is 0 Å². The van der Waals surface area contributed by atoms with E-state index in [4.69, 9.17) is 40.2 Å². The zero-order valence-electron chi connectivity index (χ0n) is 15.8. The topological polar surface area (TPSA) is 50.4 Å². The number of thiocarbonyl (C=S) groups is 1. The van der Waals surface area contributed by atoms with Crippen LogP contribution in [-0.2, 0) is 0 Å². The molecule has 2 aromatic rings. The van der Waals surface area contributed by atoms with Crippen molar-refractivity contribution in [2.75, 3.05) is 11.9 Å². The number of carbonyl (C=O) groups is 1. The standard InChI is InChI=1S/C21H24Cl2N2O2S/c1-2-3-4-5-6-10-27-19-9-7-8-18(14-19)24-21(28)25-20(26)15-11-16(22)13-17(23)12-15/h7-9,11-14H,2-6,10H2,1H3,(H2,24,25,26,28). The highest BCUT2D eigenvalue weighted by Gasteiger charge is 2.10. The van der Waals surface area contributed by atoms with Gasteiger partial charge in [-0.2, -0.15) is 0 Å². The number of hydrogen-bond acceptors (Lipinski definition) is 3. The van der Waals surface area contributed by atoms with Crippen LogP contribution >= 0.6 is 35.4 Å². The number of halogens is 2. The molecule has 0 atom stereocenters. The van der Waals surface area contributed by atoms with Crippen molar-refractivity contribution in [2.24, 2.45) is 0 Å². The van der Waals surface area contributed by atoms with Crippen molar-refractivity contribution in [2.45, 2.75) is 39.0 Å². The molecule has 0 saturated carbocycles. The Labute approximate surface area is 181 Å². The Bertz CT molecular complexity index is 794. The van der Waals surface area contributed by atoms with Gasteiger partial charge in [0.25, 0.3) is 5.91 Å². The molecule has 2 N–H and O–H groups in total. The summed E-state index contributed by atoms with van der Waals surface area (Å²) in [6.45, 7) is 2.88. The molecule has 0 heterocycles. The first-order valence-corrected chi connectivity index (χ1v) is 10.5. The molecule has 1 amide bonds. The molecule has 7 heteroatoms. The summed E-state index contributed by atoms with van der Waals surface area (Å²) in [5, 5.41) is 6.55. The van der Waals surface area contributed by atoms with Gasteiger partial charge in [-0.3, -0.25) is 10.1 Å². The van der Waals surface area contributed by atoms with Crippen molar-refractivity contribution >= 4 is 52.1 Å². The molecule has 2 aromatic carbocycles. The van der Waals surface area contributed by atoms with Crippen LogP contribution in [0.15, 0.2) is 42.5 Å². The van der Waals surface area contributed by atoms with Gasteiger partial charge in [0, 0.05) is 27.4 Å². The third kappa shape index (κ3) is 8.05. The lowest BCUT2D eigenvalue weighted by Gasteiger charge is -2.12. The molecule has 0 unspecified atom stereocenters. The fourth-order valence-electron chi connectivity index (χ4n) is 2.58. The Morgan fingerprint density at radius 3 is 2.46 bits per heavy atom. The fourth-order valence-corrected chi connectivity index (χ4v) is 3.32. The van der Waals surface area contributed by atoms with E-state index in [9.17, 15) is 4.79 Å². The highest BCUT2D eigenvalue weighted by Crippen LogP contribution is 2.20. The summed E-state index contributed by atoms with van der Waals surface area (Å²) in [5.41, 5.74) is 1.07. The Kier molecular flexibility index (Phi) is 9.55. The van der Waals surface area contributed by atoms with Crippen molar-refractivity contribution < 1.29 is 9.53 Å². The van der Waals surface area contributed by atoms with E-state index in [-0.39, 0.29) is 11.0 Å². The van der Waals surface area contributed by atoms with E-state index in [2.05, 4.69) is 17.6 Å². The second-order valence-corrected chi connectivity index (χ2v) is 7.64. The predicted molar refractivity (Wildman–Crippen MR) is 121 cm³/mol. The van der Waals surface area contributed by atoms with Gasteiger partial charge in [-0.05, 0) is 49.0 Å². The second kappa shape index (κ2) is 11.9. The average molecular weight is 439 g/mol. The molecule has 0 saturated heterocycles. The molecule has 0 aliphatic heterocycles. The second-order valence-electron chi connectivity index (χ2n) is 6.36. The van der Waals surface area contributed by atoms with Crippen LogP contribution in [0.5, 0.6) is 5.75 Å². The number of ether oxygens (including phenoxy) is 1. The van der Waals surface area contributed by atoms with Gasteiger partial charge < -0.3 is 10.1 Å². The van der Waals surface area contributed by atoms with Gasteiger partial charge in [0.15, 0.2) is 5.11 Å². The fraction of sp³-hybridized carbons (Fsp3) is 0.333. The van der Waals surface area contributed by atoms with E-state index in [1.165, 1.54) is 37.8 Å². The van der Waals surface area contributed by atoms with Crippen molar-refractivity contribution in [3.05, 3.63) is 58.1 Å². The first-order valence-electron chi connectivity index (χ1n) is 9.29. The molecule has 0 fully saturated rings. The summed E-state index contributed by atoms with van der Waals surface area (Å²) in [7, 11) is 0. The summed E-state index contributed by atoms with van der Waals surface area (Å²) in [4.78, 5) is 12.3. The van der Waals surface area contributed by atoms with Crippen molar-refractivity contribution in [3.63, 3.8) is 0 Å². The Morgan fingerprint density at radius 2 is 1.75 bits per heavy atom. The Balaban J connectivity index is 1.83. The maximum absolute atomic E-state index is 12.3. The van der Waals surface area contributed by atoms with Gasteiger partial charge in [0.2, 0.25) is 0 Å². The van der Waals surface area contributed by atoms with Crippen LogP contribution in [0.3, 0.4) is 0 Å². The van der Waals surface area contributed by atoms with Crippen LogP contribution in [0.25, 0.3) is 0 Å². The molecule has 0 aliphatic carbocycles. The minimum atomic E-state index is -0.388. The number of unbranched alkanes of at least 4 members (excludes halogenated alkanes) is 4. The normalized spacial score (nSPS) is 10.4. The van der Waals surface area contributed by atoms with Crippen LogP contribution in [-0.4, -0.2) is 17.6 Å². The minimum absolute atomic E-state index is 0.179. The Hall–Kier alpha value is -1.82. The largest absolute Gasteiger partial charge is 0.494 e. The average Bonchev–Trinajstić information content (AvgIpc) is 2.64. The summed E-state index contributed by atoms with van der Waals surface area (Å²) >= 11 is 17.1. The van der Waals surface area contributed by atoms with Crippen LogP contribution in [0.4, 0.5) is 5.69 Å². The quantitative estimate of drug-likeness (QED) is 0.347. The number of benzene rings is 2. The molecular weight excluding hydrogens is 415 g/mol. The van der Waals surface area contributed by atoms with Crippen LogP contribution in [0, 0.1) is 0 Å². The molecule has 28 heavy (non-hydrogen) atoms. The summed E-state index contributed by atoms with van der Waals surface area (Å²) in [6, 6.07) is 12.1. The number of anilines is 1. The molecule has 0 spiro atoms. The maximum Gasteiger partial charge on any atom is 0.257 e. The lowest BCUT2D eigenvalue weighted by molar-refractivity contribution is 0.0977. The molecular formula is C21H24Cl2N2O2S. The number of rotatable bonds is 9. The molecule has 0 aliphatic rings. The maximum atomic E-state index is 12.3. The van der Waals surface area contributed by atoms with E-state index in [0.717, 1.165) is 17.9 Å². The predicted octanol–water partition coefficient (Wildman–Crippen LogP) is 6.47. The number of nitrogens with one attached hydrogen (secondary N) is 2. The number of carbonyl (C=O) groups excluding carboxylic acids is 1. The van der Waals surface area contributed by atoms with Gasteiger partial charge in [-0.15, -0.1) is 0 Å². The molecule has 2 rings (SSSR count). The van der Waals surface area contributed by atoms with E-state index in [1.807, 2.05) is 24.3 Å². The monoisotopic (exact) mass is 438 g/mol. The summed E-state index contributed by atoms with van der Waals surface area (Å²) < 4.78 is 5.79.